The van der Waals surface area contributed by atoms with Crippen LogP contribution in [0.4, 0.5) is 5.82 Å². The van der Waals surface area contributed by atoms with Gasteiger partial charge in [0, 0.05) is 18.3 Å². The molecule has 2 N–H and O–H groups in total. The van der Waals surface area contributed by atoms with Crippen LogP contribution in [0.3, 0.4) is 0 Å². The number of aromatic nitrogens is 2. The number of carbonyl (C=O) groups excluding carboxylic acids is 1. The minimum Gasteiger partial charge on any atom is -0.358 e. The molecule has 0 aromatic carbocycles. The molecular weight excluding hydrogens is 228 g/mol. The third kappa shape index (κ3) is 2.78. The fraction of sp³-hybridized carbons (Fsp3) is 0.615. The van der Waals surface area contributed by atoms with Gasteiger partial charge >= 0.3 is 0 Å². The molecule has 98 valence electrons. The largest absolute Gasteiger partial charge is 0.358 e. The van der Waals surface area contributed by atoms with Crippen molar-refractivity contribution in [3.8, 4) is 0 Å². The van der Waals surface area contributed by atoms with E-state index in [1.807, 2.05) is 6.92 Å². The molecule has 1 unspecified atom stereocenters. The Hall–Kier alpha value is -1.65. The van der Waals surface area contributed by atoms with Crippen LogP contribution in [0.25, 0.3) is 0 Å². The summed E-state index contributed by atoms with van der Waals surface area (Å²) in [4.78, 5) is 20.2. The highest BCUT2D eigenvalue weighted by Gasteiger charge is 2.17. The first kappa shape index (κ1) is 12.8. The van der Waals surface area contributed by atoms with Gasteiger partial charge in [0.25, 0.3) is 0 Å². The minimum absolute atomic E-state index is 0.0315. The molecule has 1 aliphatic rings. The molecule has 0 saturated heterocycles. The fourth-order valence-electron chi connectivity index (χ4n) is 2.31. The lowest BCUT2D eigenvalue weighted by molar-refractivity contribution is -0.121. The molecule has 18 heavy (non-hydrogen) atoms. The summed E-state index contributed by atoms with van der Waals surface area (Å²) < 4.78 is 0. The van der Waals surface area contributed by atoms with Crippen LogP contribution in [0.15, 0.2) is 6.33 Å². The molecule has 5 nitrogen and oxygen atoms in total. The van der Waals surface area contributed by atoms with Gasteiger partial charge in [0.15, 0.2) is 0 Å². The van der Waals surface area contributed by atoms with Crippen LogP contribution in [0.1, 0.15) is 37.4 Å². The van der Waals surface area contributed by atoms with E-state index in [0.29, 0.717) is 0 Å². The van der Waals surface area contributed by atoms with Crippen molar-refractivity contribution in [2.45, 2.75) is 45.1 Å². The minimum atomic E-state index is -0.280. The van der Waals surface area contributed by atoms with Crippen molar-refractivity contribution in [3.63, 3.8) is 0 Å². The number of fused-ring (bicyclic) bond motifs is 1. The molecule has 0 aliphatic heterocycles. The molecule has 5 heteroatoms. The van der Waals surface area contributed by atoms with Crippen LogP contribution in [-0.2, 0) is 17.6 Å². The Morgan fingerprint density at radius 3 is 2.83 bits per heavy atom. The number of amides is 1. The van der Waals surface area contributed by atoms with Crippen molar-refractivity contribution < 1.29 is 4.79 Å². The maximum Gasteiger partial charge on any atom is 0.241 e. The zero-order valence-electron chi connectivity index (χ0n) is 11.0. The van der Waals surface area contributed by atoms with Crippen molar-refractivity contribution in [1.82, 2.24) is 15.3 Å². The van der Waals surface area contributed by atoms with Crippen molar-refractivity contribution in [2.24, 2.45) is 0 Å². The number of aryl methyl sites for hydroxylation is 1. The van der Waals surface area contributed by atoms with Crippen molar-refractivity contribution in [1.29, 1.82) is 0 Å². The second kappa shape index (κ2) is 5.80. The molecule has 1 heterocycles. The average molecular weight is 248 g/mol. The number of hydrogen-bond donors (Lipinski definition) is 2. The van der Waals surface area contributed by atoms with E-state index in [-0.39, 0.29) is 11.9 Å². The number of nitrogens with zero attached hydrogens (tertiary/aromatic N) is 2. The summed E-state index contributed by atoms with van der Waals surface area (Å²) in [6.45, 7) is 1.84. The Kier molecular flexibility index (Phi) is 4.12. The van der Waals surface area contributed by atoms with Gasteiger partial charge < -0.3 is 10.6 Å². The second-order valence-electron chi connectivity index (χ2n) is 4.69. The predicted molar refractivity (Wildman–Crippen MR) is 70.4 cm³/mol. The molecular formula is C13H20N4O. The maximum atomic E-state index is 11.5. The summed E-state index contributed by atoms with van der Waals surface area (Å²) in [5.41, 5.74) is 2.32. The summed E-state index contributed by atoms with van der Waals surface area (Å²) >= 11 is 0. The molecule has 1 aromatic heterocycles. The molecule has 2 rings (SSSR count). The third-order valence-electron chi connectivity index (χ3n) is 3.37. The van der Waals surface area contributed by atoms with E-state index in [0.717, 1.165) is 24.4 Å². The van der Waals surface area contributed by atoms with E-state index in [9.17, 15) is 4.79 Å². The normalized spacial score (nSPS) is 16.3. The quantitative estimate of drug-likeness (QED) is 0.791. The predicted octanol–water partition coefficient (Wildman–Crippen LogP) is 1.29. The van der Waals surface area contributed by atoms with Crippen LogP contribution in [0.2, 0.25) is 0 Å². The number of hydrogen-bond acceptors (Lipinski definition) is 4. The van der Waals surface area contributed by atoms with Crippen molar-refractivity contribution in [2.75, 3.05) is 12.4 Å². The van der Waals surface area contributed by atoms with Gasteiger partial charge in [-0.05, 0) is 32.6 Å². The highest BCUT2D eigenvalue weighted by atomic mass is 16.2. The highest BCUT2D eigenvalue weighted by molar-refractivity contribution is 5.83. The molecule has 1 atom stereocenters. The van der Waals surface area contributed by atoms with Gasteiger partial charge in [-0.1, -0.05) is 6.42 Å². The van der Waals surface area contributed by atoms with Crippen molar-refractivity contribution in [3.05, 3.63) is 17.6 Å². The smallest absolute Gasteiger partial charge is 0.241 e. The highest BCUT2D eigenvalue weighted by Crippen LogP contribution is 2.24. The zero-order chi connectivity index (χ0) is 13.0. The van der Waals surface area contributed by atoms with E-state index in [1.54, 1.807) is 13.4 Å². The number of likely N-dealkylation sites (N-methyl/N-ethyl adjacent to an activating group) is 1. The van der Waals surface area contributed by atoms with Gasteiger partial charge in [-0.3, -0.25) is 4.79 Å². The van der Waals surface area contributed by atoms with E-state index in [2.05, 4.69) is 20.6 Å². The Bertz CT molecular complexity index is 433. The van der Waals surface area contributed by atoms with Gasteiger partial charge in [0.2, 0.25) is 5.91 Å². The first-order valence-corrected chi connectivity index (χ1v) is 6.53. The molecule has 0 radical (unpaired) electrons. The van der Waals surface area contributed by atoms with E-state index < -0.39 is 0 Å². The van der Waals surface area contributed by atoms with Gasteiger partial charge in [-0.25, -0.2) is 9.97 Å². The van der Waals surface area contributed by atoms with Gasteiger partial charge in [-0.2, -0.15) is 0 Å². The Morgan fingerprint density at radius 2 is 2.06 bits per heavy atom. The van der Waals surface area contributed by atoms with Gasteiger partial charge in [-0.15, -0.1) is 0 Å². The number of anilines is 1. The molecule has 0 fully saturated rings. The summed E-state index contributed by atoms with van der Waals surface area (Å²) in [7, 11) is 1.64. The summed E-state index contributed by atoms with van der Waals surface area (Å²) in [5, 5.41) is 5.82. The lowest BCUT2D eigenvalue weighted by Gasteiger charge is -2.16. The fourth-order valence-corrected chi connectivity index (χ4v) is 2.31. The molecule has 0 saturated carbocycles. The molecule has 0 bridgehead atoms. The van der Waals surface area contributed by atoms with Crippen LogP contribution < -0.4 is 10.6 Å². The Balaban J connectivity index is 2.20. The third-order valence-corrected chi connectivity index (χ3v) is 3.37. The molecule has 1 aromatic rings. The second-order valence-corrected chi connectivity index (χ2v) is 4.69. The number of nitrogens with one attached hydrogen (secondary N) is 2. The first-order valence-electron chi connectivity index (χ1n) is 6.53. The number of rotatable bonds is 3. The maximum absolute atomic E-state index is 11.5. The SMILES string of the molecule is CNC(=O)C(C)Nc1ncnc2c1CCCCC2. The van der Waals surface area contributed by atoms with Crippen LogP contribution in [0, 0.1) is 0 Å². The van der Waals surface area contributed by atoms with E-state index >= 15 is 0 Å². The lowest BCUT2D eigenvalue weighted by atomic mass is 10.1. The average Bonchev–Trinajstić information content (AvgIpc) is 2.63. The van der Waals surface area contributed by atoms with Crippen molar-refractivity contribution >= 4 is 11.7 Å². The topological polar surface area (TPSA) is 66.9 Å². The number of carbonyl (C=O) groups is 1. The Labute approximate surface area is 107 Å². The summed E-state index contributed by atoms with van der Waals surface area (Å²) in [6, 6.07) is -0.280. The first-order chi connectivity index (χ1) is 8.72. The Morgan fingerprint density at radius 1 is 1.28 bits per heavy atom. The van der Waals surface area contributed by atoms with Crippen LogP contribution >= 0.6 is 0 Å². The standard InChI is InChI=1S/C13H20N4O/c1-9(13(18)14-2)17-12-10-6-4-3-5-7-11(10)15-8-16-12/h8-9H,3-7H2,1-2H3,(H,14,18)(H,15,16,17). The molecule has 0 spiro atoms. The summed E-state index contributed by atoms with van der Waals surface area (Å²) in [6.07, 6.45) is 7.20. The van der Waals surface area contributed by atoms with Gasteiger partial charge in [0.05, 0.1) is 0 Å². The lowest BCUT2D eigenvalue weighted by Crippen LogP contribution is -2.35. The molecule has 1 amide bonds. The monoisotopic (exact) mass is 248 g/mol. The zero-order valence-corrected chi connectivity index (χ0v) is 11.0. The van der Waals surface area contributed by atoms with E-state index in [1.165, 1.54) is 24.8 Å². The van der Waals surface area contributed by atoms with Gasteiger partial charge in [0.1, 0.15) is 18.2 Å². The molecule has 1 aliphatic carbocycles. The summed E-state index contributed by atoms with van der Waals surface area (Å²) in [5.74, 6) is 0.786. The van der Waals surface area contributed by atoms with Crippen LogP contribution in [0.5, 0.6) is 0 Å². The van der Waals surface area contributed by atoms with Crippen LogP contribution in [-0.4, -0.2) is 29.0 Å². The van der Waals surface area contributed by atoms with E-state index in [4.69, 9.17) is 0 Å².